The maximum atomic E-state index is 11.6. The number of carbonyl (C=O) groups is 1. The number of carbonyl (C=O) groups excluding carboxylic acids is 1. The Labute approximate surface area is 120 Å². The van der Waals surface area contributed by atoms with Crippen LogP contribution in [0.1, 0.15) is 10.4 Å². The van der Waals surface area contributed by atoms with E-state index < -0.39 is 5.91 Å². The molecular weight excluding hydrogens is 268 g/mol. The Kier molecular flexibility index (Phi) is 2.41. The van der Waals surface area contributed by atoms with Crippen LogP contribution in [-0.2, 0) is 0 Å². The van der Waals surface area contributed by atoms with Gasteiger partial charge in [-0.15, -0.1) is 0 Å². The Morgan fingerprint density at radius 3 is 2.76 bits per heavy atom. The van der Waals surface area contributed by atoms with Gasteiger partial charge >= 0.3 is 0 Å². The van der Waals surface area contributed by atoms with Crippen molar-refractivity contribution in [3.63, 3.8) is 0 Å². The molecule has 0 fully saturated rings. The number of rotatable bonds is 2. The predicted molar refractivity (Wildman–Crippen MR) is 78.4 cm³/mol. The highest BCUT2D eigenvalue weighted by Gasteiger charge is 2.16. The molecule has 21 heavy (non-hydrogen) atoms. The molecule has 3 aromatic rings. The molecule has 5 heteroatoms. The van der Waals surface area contributed by atoms with E-state index >= 15 is 0 Å². The van der Waals surface area contributed by atoms with Gasteiger partial charge in [-0.3, -0.25) is 4.79 Å². The Hall–Kier alpha value is -2.95. The van der Waals surface area contributed by atoms with Crippen molar-refractivity contribution < 1.29 is 14.3 Å². The predicted octanol–water partition coefficient (Wildman–Crippen LogP) is 2.66. The first-order chi connectivity index (χ1) is 10.2. The molecule has 0 saturated carbocycles. The normalized spacial score (nSPS) is 12.8. The number of amides is 1. The molecule has 0 aliphatic carbocycles. The van der Waals surface area contributed by atoms with Gasteiger partial charge in [0, 0.05) is 11.6 Å². The van der Waals surface area contributed by atoms with Gasteiger partial charge in [-0.25, -0.2) is 0 Å². The molecule has 2 heterocycles. The maximum absolute atomic E-state index is 11.6. The highest BCUT2D eigenvalue weighted by atomic mass is 16.7. The second-order valence-corrected chi connectivity index (χ2v) is 4.90. The molecule has 0 saturated heterocycles. The molecule has 1 aliphatic rings. The minimum Gasteiger partial charge on any atom is -0.454 e. The van der Waals surface area contributed by atoms with Crippen LogP contribution in [0.4, 0.5) is 0 Å². The van der Waals surface area contributed by atoms with E-state index in [0.29, 0.717) is 11.3 Å². The summed E-state index contributed by atoms with van der Waals surface area (Å²) in [7, 11) is 0. The highest BCUT2D eigenvalue weighted by Crippen LogP contribution is 2.37. The lowest BCUT2D eigenvalue weighted by Gasteiger charge is -2.07. The first-order valence-corrected chi connectivity index (χ1v) is 6.53. The van der Waals surface area contributed by atoms with Crippen molar-refractivity contribution >= 4 is 16.8 Å². The lowest BCUT2D eigenvalue weighted by Crippen LogP contribution is -2.11. The van der Waals surface area contributed by atoms with E-state index in [0.717, 1.165) is 27.8 Å². The van der Waals surface area contributed by atoms with Crippen LogP contribution in [0.15, 0.2) is 42.6 Å². The minimum absolute atomic E-state index is 0.238. The largest absolute Gasteiger partial charge is 0.454 e. The first kappa shape index (κ1) is 11.8. The van der Waals surface area contributed by atoms with Crippen LogP contribution in [0, 0.1) is 0 Å². The van der Waals surface area contributed by atoms with E-state index in [1.807, 2.05) is 30.3 Å². The molecule has 1 aliphatic heterocycles. The van der Waals surface area contributed by atoms with Crippen molar-refractivity contribution in [3.05, 3.63) is 48.2 Å². The number of H-pyrrole nitrogens is 1. The monoisotopic (exact) mass is 280 g/mol. The molecule has 5 nitrogen and oxygen atoms in total. The Morgan fingerprint density at radius 1 is 1.05 bits per heavy atom. The van der Waals surface area contributed by atoms with Crippen LogP contribution < -0.4 is 15.2 Å². The summed E-state index contributed by atoms with van der Waals surface area (Å²) < 4.78 is 10.7. The van der Waals surface area contributed by atoms with E-state index in [4.69, 9.17) is 15.2 Å². The number of hydrogen-bond acceptors (Lipinski definition) is 3. The third-order valence-electron chi connectivity index (χ3n) is 3.63. The standard InChI is InChI=1S/C16H12N2O3/c17-16(19)12-6-11(5-10-3-4-18-15(10)12)9-1-2-13-14(7-9)21-8-20-13/h1-7,18H,8H2,(H2,17,19). The van der Waals surface area contributed by atoms with Gasteiger partial charge in [0.05, 0.1) is 11.1 Å². The maximum Gasteiger partial charge on any atom is 0.250 e. The topological polar surface area (TPSA) is 77.3 Å². The SMILES string of the molecule is NC(=O)c1cc(-c2ccc3c(c2)OCO3)cc2cc[nH]c12. The third kappa shape index (κ3) is 1.82. The summed E-state index contributed by atoms with van der Waals surface area (Å²) in [6.45, 7) is 0.238. The molecule has 1 amide bonds. The lowest BCUT2D eigenvalue weighted by atomic mass is 10.00. The fraction of sp³-hybridized carbons (Fsp3) is 0.0625. The Bertz CT molecular complexity index is 867. The number of nitrogens with one attached hydrogen (secondary N) is 1. The van der Waals surface area contributed by atoms with Gasteiger partial charge in [0.1, 0.15) is 0 Å². The van der Waals surface area contributed by atoms with Crippen molar-refractivity contribution in [2.75, 3.05) is 6.79 Å². The minimum atomic E-state index is -0.454. The number of benzene rings is 2. The fourth-order valence-corrected chi connectivity index (χ4v) is 2.61. The fourth-order valence-electron chi connectivity index (χ4n) is 2.61. The molecule has 3 N–H and O–H groups in total. The van der Waals surface area contributed by atoms with E-state index in [1.54, 1.807) is 12.3 Å². The zero-order chi connectivity index (χ0) is 14.4. The number of hydrogen-bond donors (Lipinski definition) is 2. The zero-order valence-corrected chi connectivity index (χ0v) is 11.1. The van der Waals surface area contributed by atoms with E-state index in [-0.39, 0.29) is 6.79 Å². The Morgan fingerprint density at radius 2 is 1.90 bits per heavy atom. The molecule has 2 aromatic carbocycles. The average Bonchev–Trinajstić information content (AvgIpc) is 3.13. The van der Waals surface area contributed by atoms with E-state index in [9.17, 15) is 4.79 Å². The van der Waals surface area contributed by atoms with Crippen molar-refractivity contribution in [1.29, 1.82) is 0 Å². The number of fused-ring (bicyclic) bond motifs is 2. The van der Waals surface area contributed by atoms with Crippen LogP contribution in [0.2, 0.25) is 0 Å². The summed E-state index contributed by atoms with van der Waals surface area (Å²) in [6, 6.07) is 11.4. The average molecular weight is 280 g/mol. The molecule has 1 aromatic heterocycles. The van der Waals surface area contributed by atoms with Gasteiger partial charge in [-0.05, 0) is 41.5 Å². The first-order valence-electron chi connectivity index (χ1n) is 6.53. The quantitative estimate of drug-likeness (QED) is 0.757. The van der Waals surface area contributed by atoms with E-state index in [2.05, 4.69) is 4.98 Å². The number of aromatic nitrogens is 1. The number of nitrogens with two attached hydrogens (primary N) is 1. The highest BCUT2D eigenvalue weighted by molar-refractivity contribution is 6.06. The van der Waals surface area contributed by atoms with Gasteiger partial charge in [0.15, 0.2) is 11.5 Å². The van der Waals surface area contributed by atoms with Crippen LogP contribution in [-0.4, -0.2) is 17.7 Å². The zero-order valence-electron chi connectivity index (χ0n) is 11.1. The summed E-state index contributed by atoms with van der Waals surface area (Å²) in [4.78, 5) is 14.7. The van der Waals surface area contributed by atoms with Gasteiger partial charge < -0.3 is 20.2 Å². The number of aromatic amines is 1. The molecular formula is C16H12N2O3. The molecule has 0 radical (unpaired) electrons. The van der Waals surface area contributed by atoms with Crippen molar-refractivity contribution in [1.82, 2.24) is 4.98 Å². The van der Waals surface area contributed by atoms with Crippen LogP contribution in [0.25, 0.3) is 22.0 Å². The molecule has 4 rings (SSSR count). The summed E-state index contributed by atoms with van der Waals surface area (Å²) >= 11 is 0. The number of primary amides is 1. The summed E-state index contributed by atoms with van der Waals surface area (Å²) in [5.74, 6) is 0.990. The van der Waals surface area contributed by atoms with Gasteiger partial charge in [0.25, 0.3) is 5.91 Å². The second kappa shape index (κ2) is 4.28. The Balaban J connectivity index is 1.92. The van der Waals surface area contributed by atoms with Gasteiger partial charge in [0.2, 0.25) is 6.79 Å². The smallest absolute Gasteiger partial charge is 0.250 e. The second-order valence-electron chi connectivity index (χ2n) is 4.90. The molecule has 0 atom stereocenters. The molecule has 0 spiro atoms. The molecule has 104 valence electrons. The summed E-state index contributed by atoms with van der Waals surface area (Å²) in [5.41, 5.74) is 8.57. The number of ether oxygens (including phenoxy) is 2. The van der Waals surface area contributed by atoms with Crippen LogP contribution in [0.3, 0.4) is 0 Å². The van der Waals surface area contributed by atoms with Crippen molar-refractivity contribution in [3.8, 4) is 22.6 Å². The lowest BCUT2D eigenvalue weighted by molar-refractivity contribution is 0.100. The van der Waals surface area contributed by atoms with Gasteiger partial charge in [-0.1, -0.05) is 6.07 Å². The molecule has 0 bridgehead atoms. The van der Waals surface area contributed by atoms with Crippen LogP contribution in [0.5, 0.6) is 11.5 Å². The van der Waals surface area contributed by atoms with Crippen molar-refractivity contribution in [2.24, 2.45) is 5.73 Å². The van der Waals surface area contributed by atoms with Crippen LogP contribution >= 0.6 is 0 Å². The molecule has 0 unspecified atom stereocenters. The van der Waals surface area contributed by atoms with Crippen molar-refractivity contribution in [2.45, 2.75) is 0 Å². The van der Waals surface area contributed by atoms with Gasteiger partial charge in [-0.2, -0.15) is 0 Å². The summed E-state index contributed by atoms with van der Waals surface area (Å²) in [5, 5.41) is 0.943. The third-order valence-corrected chi connectivity index (χ3v) is 3.63. The van der Waals surface area contributed by atoms with E-state index in [1.165, 1.54) is 0 Å². The summed E-state index contributed by atoms with van der Waals surface area (Å²) in [6.07, 6.45) is 1.79.